The molecule has 1 aliphatic heterocycles. The molecule has 25 heavy (non-hydrogen) atoms. The van der Waals surface area contributed by atoms with Crippen LogP contribution in [-0.2, 0) is 9.59 Å². The number of ether oxygens (including phenoxy) is 1. The van der Waals surface area contributed by atoms with Gasteiger partial charge in [0.05, 0.1) is 0 Å². The summed E-state index contributed by atoms with van der Waals surface area (Å²) in [5.41, 5.74) is 1.05. The summed E-state index contributed by atoms with van der Waals surface area (Å²) in [6.45, 7) is 5.42. The molecule has 6 nitrogen and oxygen atoms in total. The van der Waals surface area contributed by atoms with Crippen LogP contribution in [0.3, 0.4) is 0 Å². The molecule has 0 bridgehead atoms. The Kier molecular flexibility index (Phi) is 4.54. The zero-order valence-corrected chi connectivity index (χ0v) is 14.9. The lowest BCUT2D eigenvalue weighted by molar-refractivity contribution is -0.142. The van der Waals surface area contributed by atoms with E-state index >= 15 is 0 Å². The van der Waals surface area contributed by atoms with Crippen molar-refractivity contribution < 1.29 is 19.1 Å². The predicted molar refractivity (Wildman–Crippen MR) is 92.2 cm³/mol. The molecule has 2 unspecified atom stereocenters. The van der Waals surface area contributed by atoms with E-state index in [2.05, 4.69) is 5.32 Å². The first-order valence-electron chi connectivity index (χ1n) is 8.75. The van der Waals surface area contributed by atoms with E-state index in [4.69, 9.17) is 4.74 Å². The van der Waals surface area contributed by atoms with Gasteiger partial charge in [-0.05, 0) is 44.2 Å². The van der Waals surface area contributed by atoms with Gasteiger partial charge in [0.25, 0.3) is 5.91 Å². The Labute approximate surface area is 147 Å². The monoisotopic (exact) mass is 344 g/mol. The standard InChI is InChI=1S/C19H24N2O4/c1-12-7-8-15(13(2)10-12)25-16(22)11-21-17(23)19(20-18(21)24)9-5-4-6-14(19)3/h7-8,10,14H,4-6,9,11H2,1-3H3,(H,20,24). The molecule has 2 fully saturated rings. The number of nitrogens with zero attached hydrogens (tertiary/aromatic N) is 1. The highest BCUT2D eigenvalue weighted by Gasteiger charge is 2.55. The number of amides is 3. The highest BCUT2D eigenvalue weighted by molar-refractivity contribution is 6.09. The van der Waals surface area contributed by atoms with Crippen LogP contribution in [0, 0.1) is 19.8 Å². The van der Waals surface area contributed by atoms with Crippen LogP contribution in [0.15, 0.2) is 18.2 Å². The molecule has 1 N–H and O–H groups in total. The second kappa shape index (κ2) is 6.50. The van der Waals surface area contributed by atoms with Crippen molar-refractivity contribution in [2.24, 2.45) is 5.92 Å². The molecular formula is C19H24N2O4. The Morgan fingerprint density at radius 2 is 2.08 bits per heavy atom. The Morgan fingerprint density at radius 1 is 1.32 bits per heavy atom. The lowest BCUT2D eigenvalue weighted by Gasteiger charge is -2.36. The highest BCUT2D eigenvalue weighted by Crippen LogP contribution is 2.38. The number of hydrogen-bond acceptors (Lipinski definition) is 4. The Bertz CT molecular complexity index is 730. The molecule has 1 heterocycles. The van der Waals surface area contributed by atoms with Gasteiger partial charge in [0.1, 0.15) is 17.8 Å². The number of hydrogen-bond donors (Lipinski definition) is 1. The molecule has 2 atom stereocenters. The van der Waals surface area contributed by atoms with Gasteiger partial charge in [-0.2, -0.15) is 0 Å². The van der Waals surface area contributed by atoms with Gasteiger partial charge in [0.15, 0.2) is 0 Å². The molecule has 3 amide bonds. The number of carbonyl (C=O) groups is 3. The normalized spacial score (nSPS) is 26.0. The number of benzene rings is 1. The first-order chi connectivity index (χ1) is 11.8. The van der Waals surface area contributed by atoms with Crippen LogP contribution < -0.4 is 10.1 Å². The molecule has 1 aromatic rings. The van der Waals surface area contributed by atoms with E-state index in [9.17, 15) is 14.4 Å². The van der Waals surface area contributed by atoms with Crippen molar-refractivity contribution in [3.63, 3.8) is 0 Å². The maximum absolute atomic E-state index is 12.8. The zero-order valence-electron chi connectivity index (χ0n) is 14.9. The molecule has 1 aliphatic carbocycles. The van der Waals surface area contributed by atoms with Crippen LogP contribution in [0.5, 0.6) is 5.75 Å². The topological polar surface area (TPSA) is 75.7 Å². The van der Waals surface area contributed by atoms with Crippen molar-refractivity contribution in [2.75, 3.05) is 6.54 Å². The van der Waals surface area contributed by atoms with Crippen molar-refractivity contribution in [1.82, 2.24) is 10.2 Å². The summed E-state index contributed by atoms with van der Waals surface area (Å²) in [6, 6.07) is 4.98. The molecule has 0 radical (unpaired) electrons. The Morgan fingerprint density at radius 3 is 2.76 bits per heavy atom. The molecule has 2 aliphatic rings. The van der Waals surface area contributed by atoms with Crippen LogP contribution >= 0.6 is 0 Å². The summed E-state index contributed by atoms with van der Waals surface area (Å²) < 4.78 is 5.35. The van der Waals surface area contributed by atoms with Gasteiger partial charge in [0.2, 0.25) is 0 Å². The molecule has 6 heteroatoms. The van der Waals surface area contributed by atoms with Crippen LogP contribution in [0.25, 0.3) is 0 Å². The summed E-state index contributed by atoms with van der Waals surface area (Å²) in [4.78, 5) is 38.4. The van der Waals surface area contributed by atoms with Crippen LogP contribution in [0.2, 0.25) is 0 Å². The van der Waals surface area contributed by atoms with Crippen LogP contribution in [0.1, 0.15) is 43.7 Å². The summed E-state index contributed by atoms with van der Waals surface area (Å²) in [5.74, 6) is -0.403. The third kappa shape index (κ3) is 3.13. The zero-order chi connectivity index (χ0) is 18.2. The maximum atomic E-state index is 12.8. The van der Waals surface area contributed by atoms with E-state index in [1.54, 1.807) is 6.07 Å². The van der Waals surface area contributed by atoms with Crippen molar-refractivity contribution in [2.45, 2.75) is 52.0 Å². The van der Waals surface area contributed by atoms with E-state index in [0.29, 0.717) is 12.2 Å². The Hall–Kier alpha value is -2.37. The molecular weight excluding hydrogens is 320 g/mol. The fourth-order valence-electron chi connectivity index (χ4n) is 3.84. The van der Waals surface area contributed by atoms with Gasteiger partial charge >= 0.3 is 12.0 Å². The number of esters is 1. The molecule has 0 aromatic heterocycles. The summed E-state index contributed by atoms with van der Waals surface area (Å²) in [7, 11) is 0. The quantitative estimate of drug-likeness (QED) is 0.520. The van der Waals surface area contributed by atoms with Gasteiger partial charge < -0.3 is 10.1 Å². The molecule has 3 rings (SSSR count). The number of rotatable bonds is 3. The van der Waals surface area contributed by atoms with Crippen molar-refractivity contribution in [3.05, 3.63) is 29.3 Å². The van der Waals surface area contributed by atoms with E-state index < -0.39 is 17.5 Å². The SMILES string of the molecule is Cc1ccc(OC(=O)CN2C(=O)NC3(CCCCC3C)C2=O)c(C)c1. The van der Waals surface area contributed by atoms with Crippen molar-refractivity contribution in [1.29, 1.82) is 0 Å². The lowest BCUT2D eigenvalue weighted by atomic mass is 9.73. The fraction of sp³-hybridized carbons (Fsp3) is 0.526. The van der Waals surface area contributed by atoms with Gasteiger partial charge in [-0.15, -0.1) is 0 Å². The first-order valence-corrected chi connectivity index (χ1v) is 8.75. The minimum absolute atomic E-state index is 0.0677. The molecule has 134 valence electrons. The van der Waals surface area contributed by atoms with Crippen LogP contribution in [0.4, 0.5) is 4.79 Å². The van der Waals surface area contributed by atoms with E-state index in [1.165, 1.54) is 0 Å². The van der Waals surface area contributed by atoms with Gasteiger partial charge in [-0.1, -0.05) is 37.5 Å². The molecule has 1 saturated carbocycles. The number of aryl methyl sites for hydroxylation is 2. The van der Waals surface area contributed by atoms with Gasteiger partial charge in [-0.25, -0.2) is 9.59 Å². The average Bonchev–Trinajstić information content (AvgIpc) is 2.78. The second-order valence-electron chi connectivity index (χ2n) is 7.18. The maximum Gasteiger partial charge on any atom is 0.331 e. The fourth-order valence-corrected chi connectivity index (χ4v) is 3.84. The smallest absolute Gasteiger partial charge is 0.331 e. The van der Waals surface area contributed by atoms with E-state index in [-0.39, 0.29) is 18.4 Å². The highest BCUT2D eigenvalue weighted by atomic mass is 16.5. The molecule has 1 aromatic carbocycles. The average molecular weight is 344 g/mol. The van der Waals surface area contributed by atoms with Crippen LogP contribution in [-0.4, -0.2) is 34.9 Å². The summed E-state index contributed by atoms with van der Waals surface area (Å²) in [5, 5.41) is 2.84. The van der Waals surface area contributed by atoms with E-state index in [0.717, 1.165) is 35.3 Å². The predicted octanol–water partition coefficient (Wildman–Crippen LogP) is 2.71. The van der Waals surface area contributed by atoms with Gasteiger partial charge in [0, 0.05) is 0 Å². The number of nitrogens with one attached hydrogen (secondary N) is 1. The van der Waals surface area contributed by atoms with Crippen molar-refractivity contribution >= 4 is 17.9 Å². The van der Waals surface area contributed by atoms with E-state index in [1.807, 2.05) is 32.9 Å². The minimum atomic E-state index is -0.852. The van der Waals surface area contributed by atoms with Gasteiger partial charge in [-0.3, -0.25) is 9.69 Å². The second-order valence-corrected chi connectivity index (χ2v) is 7.18. The first kappa shape index (κ1) is 17.5. The molecule has 1 saturated heterocycles. The summed E-state index contributed by atoms with van der Waals surface area (Å²) in [6.07, 6.45) is 3.48. The summed E-state index contributed by atoms with van der Waals surface area (Å²) >= 11 is 0. The Balaban J connectivity index is 1.71. The number of urea groups is 1. The third-order valence-electron chi connectivity index (χ3n) is 5.34. The minimum Gasteiger partial charge on any atom is -0.425 e. The lowest BCUT2D eigenvalue weighted by Crippen LogP contribution is -2.54. The number of carbonyl (C=O) groups excluding carboxylic acids is 3. The van der Waals surface area contributed by atoms with Crippen molar-refractivity contribution in [3.8, 4) is 5.75 Å². The number of imide groups is 1. The third-order valence-corrected chi connectivity index (χ3v) is 5.34. The largest absolute Gasteiger partial charge is 0.425 e. The molecule has 1 spiro atoms.